The summed E-state index contributed by atoms with van der Waals surface area (Å²) in [6.07, 6.45) is -1.72. The Hall–Kier alpha value is -1.98. The highest BCUT2D eigenvalue weighted by atomic mass is 127. The predicted molar refractivity (Wildman–Crippen MR) is 115 cm³/mol. The average molecular weight is 511 g/mol. The number of hydrogen-bond donors (Lipinski definition) is 3. The van der Waals surface area contributed by atoms with Crippen molar-refractivity contribution >= 4 is 46.7 Å². The quantitative estimate of drug-likeness (QED) is 0.318. The molecule has 0 aliphatic heterocycles. The van der Waals surface area contributed by atoms with Gasteiger partial charge in [-0.3, -0.25) is 9.79 Å². The number of guanidine groups is 1. The number of aryl methyl sites for hydroxylation is 1. The van der Waals surface area contributed by atoms with E-state index in [-0.39, 0.29) is 30.5 Å². The van der Waals surface area contributed by atoms with Crippen molar-refractivity contribution in [3.63, 3.8) is 0 Å². The molecule has 2 aromatic rings. The van der Waals surface area contributed by atoms with E-state index in [2.05, 4.69) is 26.7 Å². The van der Waals surface area contributed by atoms with Crippen molar-refractivity contribution in [2.45, 2.75) is 19.5 Å². The topological polar surface area (TPSA) is 72.5 Å². The maximum Gasteiger partial charge on any atom is 0.406 e. The number of alkyl halides is 3. The van der Waals surface area contributed by atoms with Crippen LogP contribution in [0.25, 0.3) is 10.9 Å². The van der Waals surface area contributed by atoms with Crippen LogP contribution in [0.3, 0.4) is 0 Å². The second-order valence-corrected chi connectivity index (χ2v) is 6.28. The summed E-state index contributed by atoms with van der Waals surface area (Å²) in [7, 11) is 2.65. The fourth-order valence-electron chi connectivity index (χ4n) is 2.76. The molecular formula is C18H25F3IN5O. The first-order chi connectivity index (χ1) is 12.7. The van der Waals surface area contributed by atoms with Crippen molar-refractivity contribution in [3.05, 3.63) is 35.5 Å². The fraction of sp³-hybridized carbons (Fsp3) is 0.444. The van der Waals surface area contributed by atoms with Crippen molar-refractivity contribution < 1.29 is 18.0 Å². The van der Waals surface area contributed by atoms with Gasteiger partial charge in [-0.25, -0.2) is 0 Å². The molecule has 1 aromatic heterocycles. The highest BCUT2D eigenvalue weighted by Gasteiger charge is 2.31. The number of fused-ring (bicyclic) bond motifs is 1. The molecule has 156 valence electrons. The van der Waals surface area contributed by atoms with E-state index in [1.54, 1.807) is 0 Å². The Morgan fingerprint density at radius 2 is 2.00 bits per heavy atom. The molecule has 28 heavy (non-hydrogen) atoms. The Morgan fingerprint density at radius 3 is 2.64 bits per heavy atom. The number of carbonyl (C=O) groups excluding carboxylic acids is 1. The van der Waals surface area contributed by atoms with E-state index in [1.165, 1.54) is 12.6 Å². The van der Waals surface area contributed by atoms with Crippen LogP contribution < -0.4 is 10.6 Å². The molecule has 10 heteroatoms. The zero-order chi connectivity index (χ0) is 20.0. The Balaban J connectivity index is 0.00000392. The van der Waals surface area contributed by atoms with E-state index in [0.717, 1.165) is 29.9 Å². The molecule has 1 heterocycles. The van der Waals surface area contributed by atoms with Gasteiger partial charge in [0.25, 0.3) is 0 Å². The number of nitrogens with zero attached hydrogens (tertiary/aromatic N) is 2. The molecule has 0 atom stereocenters. The molecule has 0 saturated carbocycles. The van der Waals surface area contributed by atoms with Crippen molar-refractivity contribution in [2.75, 3.05) is 33.7 Å². The van der Waals surface area contributed by atoms with Gasteiger partial charge >= 0.3 is 6.18 Å². The molecule has 0 radical (unpaired) electrons. The zero-order valence-corrected chi connectivity index (χ0v) is 18.3. The third-order valence-corrected chi connectivity index (χ3v) is 4.17. The highest BCUT2D eigenvalue weighted by molar-refractivity contribution is 14.0. The maximum absolute atomic E-state index is 12.3. The van der Waals surface area contributed by atoms with Crippen LogP contribution in [0.1, 0.15) is 11.1 Å². The highest BCUT2D eigenvalue weighted by Crippen LogP contribution is 2.21. The lowest BCUT2D eigenvalue weighted by molar-refractivity contribution is -0.157. The Bertz CT molecular complexity index is 819. The minimum absolute atomic E-state index is 0. The number of nitrogens with one attached hydrogen (secondary N) is 3. The Morgan fingerprint density at radius 1 is 1.29 bits per heavy atom. The van der Waals surface area contributed by atoms with Gasteiger partial charge in [-0.15, -0.1) is 24.0 Å². The van der Waals surface area contributed by atoms with Crippen molar-refractivity contribution in [1.82, 2.24) is 20.5 Å². The molecule has 2 rings (SSSR count). The number of carbonyl (C=O) groups is 1. The number of amides is 1. The number of halogens is 4. The number of aromatic amines is 1. The molecule has 0 saturated heterocycles. The third kappa shape index (κ3) is 6.88. The van der Waals surface area contributed by atoms with Crippen molar-refractivity contribution in [2.24, 2.45) is 4.99 Å². The van der Waals surface area contributed by atoms with Gasteiger partial charge in [-0.05, 0) is 24.5 Å². The summed E-state index contributed by atoms with van der Waals surface area (Å²) in [4.78, 5) is 19.6. The molecule has 0 aliphatic carbocycles. The van der Waals surface area contributed by atoms with E-state index in [1.807, 2.05) is 25.3 Å². The molecule has 1 aromatic carbocycles. The van der Waals surface area contributed by atoms with Crippen LogP contribution in [0.15, 0.2) is 29.4 Å². The minimum atomic E-state index is -4.41. The largest absolute Gasteiger partial charge is 0.406 e. The van der Waals surface area contributed by atoms with Crippen LogP contribution in [0, 0.1) is 6.92 Å². The van der Waals surface area contributed by atoms with Crippen LogP contribution in [-0.2, 0) is 11.2 Å². The fourth-order valence-corrected chi connectivity index (χ4v) is 2.76. The molecule has 0 unspecified atom stereocenters. The monoisotopic (exact) mass is 511 g/mol. The first kappa shape index (κ1) is 24.1. The lowest BCUT2D eigenvalue weighted by atomic mass is 10.1. The average Bonchev–Trinajstić information content (AvgIpc) is 3.00. The number of aromatic nitrogens is 1. The van der Waals surface area contributed by atoms with Crippen LogP contribution in [0.4, 0.5) is 13.2 Å². The summed E-state index contributed by atoms with van der Waals surface area (Å²) in [5.41, 5.74) is 3.43. The van der Waals surface area contributed by atoms with Crippen molar-refractivity contribution in [1.29, 1.82) is 0 Å². The normalized spacial score (nSPS) is 11.9. The zero-order valence-electron chi connectivity index (χ0n) is 16.0. The predicted octanol–water partition coefficient (Wildman–Crippen LogP) is 2.82. The summed E-state index contributed by atoms with van der Waals surface area (Å²) < 4.78 is 36.9. The lowest BCUT2D eigenvalue weighted by Crippen LogP contribution is -2.45. The van der Waals surface area contributed by atoms with Crippen LogP contribution in [0.2, 0.25) is 0 Å². The summed E-state index contributed by atoms with van der Waals surface area (Å²) >= 11 is 0. The van der Waals surface area contributed by atoms with Crippen molar-refractivity contribution in [3.8, 4) is 0 Å². The number of aliphatic imine (C=N–C) groups is 1. The molecule has 1 amide bonds. The maximum atomic E-state index is 12.3. The second kappa shape index (κ2) is 10.5. The number of hydrogen-bond acceptors (Lipinski definition) is 2. The van der Waals surface area contributed by atoms with Gasteiger partial charge in [-0.1, -0.05) is 18.2 Å². The van der Waals surface area contributed by atoms with Crippen LogP contribution in [0.5, 0.6) is 0 Å². The summed E-state index contributed by atoms with van der Waals surface area (Å²) in [5.74, 6) is -0.304. The SMILES string of the molecule is CN=C(NCCc1c[nH]c2c(C)cccc12)NCC(=O)N(C)CC(F)(F)F.I. The third-order valence-electron chi connectivity index (χ3n) is 4.17. The van der Waals surface area contributed by atoms with E-state index >= 15 is 0 Å². The van der Waals surface area contributed by atoms with Crippen LogP contribution >= 0.6 is 24.0 Å². The molecule has 6 nitrogen and oxygen atoms in total. The molecule has 0 aliphatic rings. The molecular weight excluding hydrogens is 486 g/mol. The number of H-pyrrole nitrogens is 1. The standard InChI is InChI=1S/C18H24F3N5O.HI/c1-12-5-4-6-14-13(9-24-16(12)14)7-8-23-17(22-2)25-10-15(27)26(3)11-18(19,20)21;/h4-6,9,24H,7-8,10-11H2,1-3H3,(H2,22,23,25);1H. The summed E-state index contributed by atoms with van der Waals surface area (Å²) in [6.45, 7) is 1.06. The van der Waals surface area contributed by atoms with Gasteiger partial charge in [0, 0.05) is 37.7 Å². The molecule has 3 N–H and O–H groups in total. The number of rotatable bonds is 6. The van der Waals surface area contributed by atoms with E-state index < -0.39 is 18.6 Å². The Kier molecular flexibility index (Phi) is 9.05. The Labute approximate surface area is 179 Å². The van der Waals surface area contributed by atoms with E-state index in [9.17, 15) is 18.0 Å². The second-order valence-electron chi connectivity index (χ2n) is 6.28. The molecule has 0 fully saturated rings. The number of benzene rings is 1. The van der Waals surface area contributed by atoms with Gasteiger partial charge in [0.05, 0.1) is 6.54 Å². The smallest absolute Gasteiger partial charge is 0.361 e. The first-order valence-corrected chi connectivity index (χ1v) is 8.52. The van der Waals surface area contributed by atoms with Gasteiger partial charge in [0.1, 0.15) is 6.54 Å². The lowest BCUT2D eigenvalue weighted by Gasteiger charge is -2.20. The summed E-state index contributed by atoms with van der Waals surface area (Å²) in [6, 6.07) is 6.10. The molecule has 0 spiro atoms. The number of para-hydroxylation sites is 1. The number of likely N-dealkylation sites (N-methyl/N-ethyl adjacent to an activating group) is 1. The van der Waals surface area contributed by atoms with Crippen LogP contribution in [-0.4, -0.2) is 61.7 Å². The summed E-state index contributed by atoms with van der Waals surface area (Å²) in [5, 5.41) is 6.95. The minimum Gasteiger partial charge on any atom is -0.361 e. The van der Waals surface area contributed by atoms with Gasteiger partial charge in [0.15, 0.2) is 5.96 Å². The first-order valence-electron chi connectivity index (χ1n) is 8.52. The van der Waals surface area contributed by atoms with Gasteiger partial charge < -0.3 is 20.5 Å². The van der Waals surface area contributed by atoms with E-state index in [0.29, 0.717) is 17.4 Å². The van der Waals surface area contributed by atoms with Gasteiger partial charge in [0.2, 0.25) is 5.91 Å². The van der Waals surface area contributed by atoms with Gasteiger partial charge in [-0.2, -0.15) is 13.2 Å². The molecule has 0 bridgehead atoms. The van der Waals surface area contributed by atoms with E-state index in [4.69, 9.17) is 0 Å².